The fourth-order valence-corrected chi connectivity index (χ4v) is 16.9. The molecule has 0 bridgehead atoms. The molecule has 0 unspecified atom stereocenters. The molecule has 74 heavy (non-hydrogen) atoms. The summed E-state index contributed by atoms with van der Waals surface area (Å²) in [5, 5.41) is 0. The molecule has 2 fully saturated rings. The quantitative estimate of drug-likeness (QED) is 0.0407. The van der Waals surface area contributed by atoms with Crippen LogP contribution in [0.1, 0.15) is 83.2 Å². The molecular formula is C60H76O12SSi. The Labute approximate surface area is 444 Å². The molecule has 2 aliphatic heterocycles. The Bertz CT molecular complexity index is 2410. The molecule has 0 aliphatic carbocycles. The summed E-state index contributed by atoms with van der Waals surface area (Å²) in [6, 6.07) is 47.8. The van der Waals surface area contributed by atoms with Crippen LogP contribution in [0.2, 0.25) is 16.6 Å². The smallest absolute Gasteiger partial charge is 0.303 e. The van der Waals surface area contributed by atoms with Gasteiger partial charge in [-0.1, -0.05) is 192 Å². The first-order valence-electron chi connectivity index (χ1n) is 26.0. The lowest BCUT2D eigenvalue weighted by Gasteiger charge is -2.51. The third-order valence-corrected chi connectivity index (χ3v) is 21.1. The fourth-order valence-electron chi connectivity index (χ4n) is 10.4. The minimum absolute atomic E-state index is 0.132. The molecule has 5 aromatic rings. The number of rotatable bonds is 25. The molecule has 2 saturated heterocycles. The zero-order valence-electron chi connectivity index (χ0n) is 44.4. The summed E-state index contributed by atoms with van der Waals surface area (Å²) in [5.41, 5.74) is 5.01. The lowest BCUT2D eigenvalue weighted by Crippen LogP contribution is -2.66. The van der Waals surface area contributed by atoms with Gasteiger partial charge in [-0.3, -0.25) is 9.59 Å². The second-order valence-electron chi connectivity index (χ2n) is 20.2. The van der Waals surface area contributed by atoms with Crippen molar-refractivity contribution in [3.05, 3.63) is 173 Å². The van der Waals surface area contributed by atoms with Crippen molar-refractivity contribution in [2.75, 3.05) is 13.2 Å². The van der Waals surface area contributed by atoms with Gasteiger partial charge in [0.15, 0.2) is 20.7 Å². The van der Waals surface area contributed by atoms with Crippen LogP contribution in [0.15, 0.2) is 150 Å². The molecule has 10 atom stereocenters. The third kappa shape index (κ3) is 15.5. The van der Waals surface area contributed by atoms with Crippen molar-refractivity contribution in [1.82, 2.24) is 0 Å². The first-order chi connectivity index (χ1) is 35.7. The lowest BCUT2D eigenvalue weighted by atomic mass is 9.96. The van der Waals surface area contributed by atoms with E-state index in [0.29, 0.717) is 0 Å². The summed E-state index contributed by atoms with van der Waals surface area (Å²) in [4.78, 5) is 27.1. The van der Waals surface area contributed by atoms with E-state index in [1.807, 2.05) is 121 Å². The van der Waals surface area contributed by atoms with Crippen LogP contribution in [-0.4, -0.2) is 94.0 Å². The van der Waals surface area contributed by atoms with E-state index in [9.17, 15) is 9.59 Å². The summed E-state index contributed by atoms with van der Waals surface area (Å²) in [6.45, 7) is 19.0. The van der Waals surface area contributed by atoms with Crippen LogP contribution in [0.5, 0.6) is 0 Å². The van der Waals surface area contributed by atoms with Crippen molar-refractivity contribution in [3.63, 3.8) is 0 Å². The first kappa shape index (κ1) is 57.0. The van der Waals surface area contributed by atoms with Crippen molar-refractivity contribution >= 4 is 32.0 Å². The van der Waals surface area contributed by atoms with Gasteiger partial charge < -0.3 is 47.1 Å². The van der Waals surface area contributed by atoms with Gasteiger partial charge in [0.05, 0.1) is 33.0 Å². The van der Waals surface area contributed by atoms with Crippen molar-refractivity contribution in [3.8, 4) is 0 Å². The maximum absolute atomic E-state index is 13.5. The standard InChI is InChI=1S/C60H76O12SSi/c1-40(2)74(41(3)4,42(5)6)68-39-52-54(56(66-36-48-26-18-12-19-27-48)58(67-37-49-28-20-13-21-29-49)60(71-52)73-50-32-30-43(7)31-33-50)72-59-57(69-45(9)62)55(65-35-47-24-16-11-17-25-47)53(51(70-59)38-63-44(8)61)64-34-46-22-14-10-15-23-46/h10-33,40-42,51-60H,34-39H2,1-9H3/t51-,52-,53-,54-,55+,56+,57+,58+,59-,60-/m1/s1. The maximum Gasteiger partial charge on any atom is 0.303 e. The van der Waals surface area contributed by atoms with Crippen LogP contribution in [0.3, 0.4) is 0 Å². The van der Waals surface area contributed by atoms with Gasteiger partial charge in [-0.2, -0.15) is 0 Å². The molecule has 0 amide bonds. The highest BCUT2D eigenvalue weighted by atomic mass is 32.2. The molecule has 2 aliphatic rings. The molecule has 5 aromatic carbocycles. The second-order valence-corrected chi connectivity index (χ2v) is 26.8. The van der Waals surface area contributed by atoms with Gasteiger partial charge in [-0.05, 0) is 57.9 Å². The molecule has 2 heterocycles. The minimum atomic E-state index is -2.53. The predicted octanol–water partition coefficient (Wildman–Crippen LogP) is 12.0. The number of thioether (sulfide) groups is 1. The number of hydrogen-bond acceptors (Lipinski definition) is 13. The lowest BCUT2D eigenvalue weighted by molar-refractivity contribution is -0.352. The van der Waals surface area contributed by atoms with E-state index < -0.39 is 80.8 Å². The third-order valence-electron chi connectivity index (χ3n) is 13.8. The number of hydrogen-bond donors (Lipinski definition) is 0. The maximum atomic E-state index is 13.5. The Morgan fingerprint density at radius 3 is 1.35 bits per heavy atom. The molecule has 7 rings (SSSR count). The van der Waals surface area contributed by atoms with Crippen LogP contribution >= 0.6 is 11.8 Å². The van der Waals surface area contributed by atoms with E-state index in [1.54, 1.807) is 11.8 Å². The first-order valence-corrected chi connectivity index (χ1v) is 29.0. The summed E-state index contributed by atoms with van der Waals surface area (Å²) < 4.78 is 69.2. The predicted molar refractivity (Wildman–Crippen MR) is 288 cm³/mol. The molecule has 0 saturated carbocycles. The van der Waals surface area contributed by atoms with Gasteiger partial charge >= 0.3 is 11.9 Å². The monoisotopic (exact) mass is 1050 g/mol. The Hall–Kier alpha value is -4.71. The molecular weight excluding hydrogens is 973 g/mol. The van der Waals surface area contributed by atoms with Crippen LogP contribution in [0.4, 0.5) is 0 Å². The average Bonchev–Trinajstić information content (AvgIpc) is 3.38. The van der Waals surface area contributed by atoms with E-state index in [-0.39, 0.29) is 56.3 Å². The van der Waals surface area contributed by atoms with Crippen molar-refractivity contribution in [2.45, 2.75) is 171 Å². The number of carbonyl (C=O) groups is 2. The van der Waals surface area contributed by atoms with Gasteiger partial charge in [-0.15, -0.1) is 0 Å². The van der Waals surface area contributed by atoms with Crippen molar-refractivity contribution in [1.29, 1.82) is 0 Å². The normalized spacial score (nSPS) is 24.3. The number of benzene rings is 5. The minimum Gasteiger partial charge on any atom is -0.463 e. The molecule has 0 N–H and O–H groups in total. The Balaban J connectivity index is 1.36. The summed E-state index contributed by atoms with van der Waals surface area (Å²) in [7, 11) is -2.53. The zero-order valence-corrected chi connectivity index (χ0v) is 46.2. The summed E-state index contributed by atoms with van der Waals surface area (Å²) in [5.74, 6) is -1.09. The largest absolute Gasteiger partial charge is 0.463 e. The number of carbonyl (C=O) groups excluding carboxylic acids is 2. The van der Waals surface area contributed by atoms with E-state index in [4.69, 9.17) is 47.1 Å². The Kier molecular flexibility index (Phi) is 21.5. The highest BCUT2D eigenvalue weighted by Gasteiger charge is 2.56. The van der Waals surface area contributed by atoms with Crippen LogP contribution in [0, 0.1) is 6.92 Å². The van der Waals surface area contributed by atoms with Gasteiger partial charge in [-0.25, -0.2) is 0 Å². The number of esters is 2. The van der Waals surface area contributed by atoms with Gasteiger partial charge in [0.25, 0.3) is 0 Å². The van der Waals surface area contributed by atoms with Crippen LogP contribution < -0.4 is 0 Å². The van der Waals surface area contributed by atoms with E-state index in [2.05, 4.69) is 72.7 Å². The van der Waals surface area contributed by atoms with E-state index in [0.717, 1.165) is 32.7 Å². The van der Waals surface area contributed by atoms with Gasteiger partial charge in [0, 0.05) is 18.7 Å². The topological polar surface area (TPSA) is 126 Å². The highest BCUT2D eigenvalue weighted by Crippen LogP contribution is 2.45. The second kappa shape index (κ2) is 27.9. The van der Waals surface area contributed by atoms with Crippen molar-refractivity contribution < 1.29 is 56.6 Å². The van der Waals surface area contributed by atoms with Crippen LogP contribution in [-0.2, 0) is 83.1 Å². The summed E-state index contributed by atoms with van der Waals surface area (Å²) in [6.07, 6.45) is -8.74. The van der Waals surface area contributed by atoms with Crippen molar-refractivity contribution in [2.24, 2.45) is 0 Å². The molecule has 0 aromatic heterocycles. The Morgan fingerprint density at radius 2 is 0.919 bits per heavy atom. The zero-order chi connectivity index (χ0) is 52.6. The highest BCUT2D eigenvalue weighted by molar-refractivity contribution is 7.99. The average molecular weight is 1050 g/mol. The molecule has 0 radical (unpaired) electrons. The molecule has 398 valence electrons. The Morgan fingerprint density at radius 1 is 0.500 bits per heavy atom. The number of aryl methyl sites for hydroxylation is 1. The SMILES string of the molecule is CC(=O)OC[C@H]1O[C@H](O[C@H]2[C@H](OCc3ccccc3)[C@H](OCc3ccccc3)[C@@H](Sc3ccc(C)cc3)O[C@@H]2CO[Si](C(C)C)(C(C)C)C(C)C)[C@@H](OC(C)=O)[C@@H](OCc2ccccc2)[C@@H]1OCc1ccccc1. The van der Waals surface area contributed by atoms with Crippen LogP contribution in [0.25, 0.3) is 0 Å². The summed E-state index contributed by atoms with van der Waals surface area (Å²) >= 11 is 1.56. The fraction of sp³-hybridized carbons (Fsp3) is 0.467. The molecule has 12 nitrogen and oxygen atoms in total. The molecule has 14 heteroatoms. The van der Waals surface area contributed by atoms with Gasteiger partial charge in [0.2, 0.25) is 0 Å². The van der Waals surface area contributed by atoms with E-state index in [1.165, 1.54) is 13.8 Å². The van der Waals surface area contributed by atoms with Gasteiger partial charge in [0.1, 0.15) is 54.8 Å². The number of ether oxygens (including phenoxy) is 9. The van der Waals surface area contributed by atoms with E-state index >= 15 is 0 Å². The molecule has 0 spiro atoms.